The molecule has 0 unspecified atom stereocenters. The molecule has 0 saturated carbocycles. The highest BCUT2D eigenvalue weighted by Gasteiger charge is 2.59. The molecule has 0 N–H and O–H groups in total. The third kappa shape index (κ3) is 3.39. The average Bonchev–Trinajstić information content (AvgIpc) is 3.62. The molecule has 4 aromatic rings. The van der Waals surface area contributed by atoms with Crippen molar-refractivity contribution in [3.8, 4) is 11.5 Å². The summed E-state index contributed by atoms with van der Waals surface area (Å²) in [5, 5.41) is 2.25. The number of ether oxygens (including phenoxy) is 2. The molecule has 5 nitrogen and oxygen atoms in total. The van der Waals surface area contributed by atoms with E-state index < -0.39 is 0 Å². The van der Waals surface area contributed by atoms with Gasteiger partial charge in [0.15, 0.2) is 11.5 Å². The highest BCUT2D eigenvalue weighted by atomic mass is 16.7. The summed E-state index contributed by atoms with van der Waals surface area (Å²) in [5.74, 6) is 1.57. The zero-order valence-corrected chi connectivity index (χ0v) is 20.2. The van der Waals surface area contributed by atoms with E-state index in [0.29, 0.717) is 0 Å². The van der Waals surface area contributed by atoms with E-state index in [1.54, 1.807) is 0 Å². The maximum atomic E-state index is 6.91. The van der Waals surface area contributed by atoms with Crippen LogP contribution in [0.2, 0.25) is 0 Å². The minimum Gasteiger partial charge on any atom is -0.454 e. The van der Waals surface area contributed by atoms with Gasteiger partial charge in [-0.3, -0.25) is 4.84 Å². The van der Waals surface area contributed by atoms with Gasteiger partial charge in [-0.05, 0) is 47.9 Å². The number of fused-ring (bicyclic) bond motifs is 2. The van der Waals surface area contributed by atoms with Gasteiger partial charge < -0.3 is 14.4 Å². The third-order valence-corrected chi connectivity index (χ3v) is 7.68. The number of benzene rings is 4. The largest absolute Gasteiger partial charge is 0.454 e. The first-order chi connectivity index (χ1) is 17.7. The van der Waals surface area contributed by atoms with Gasteiger partial charge in [-0.1, -0.05) is 84.4 Å². The van der Waals surface area contributed by atoms with Gasteiger partial charge in [0.1, 0.15) is 12.3 Å². The van der Waals surface area contributed by atoms with Crippen molar-refractivity contribution in [2.45, 2.75) is 31.2 Å². The third-order valence-electron chi connectivity index (χ3n) is 7.68. The van der Waals surface area contributed by atoms with Gasteiger partial charge in [-0.2, -0.15) is 0 Å². The number of nitrogens with zero attached hydrogens (tertiary/aromatic N) is 2. The quantitative estimate of drug-likeness (QED) is 0.335. The van der Waals surface area contributed by atoms with Crippen molar-refractivity contribution in [3.63, 3.8) is 0 Å². The molecule has 3 atom stereocenters. The lowest BCUT2D eigenvalue weighted by atomic mass is 9.84. The predicted molar refractivity (Wildman–Crippen MR) is 139 cm³/mol. The fourth-order valence-corrected chi connectivity index (χ4v) is 5.88. The zero-order valence-electron chi connectivity index (χ0n) is 20.2. The second-order valence-electron chi connectivity index (χ2n) is 9.88. The van der Waals surface area contributed by atoms with Crippen molar-refractivity contribution in [1.82, 2.24) is 5.06 Å². The topological polar surface area (TPSA) is 34.2 Å². The molecule has 2 fully saturated rings. The summed E-state index contributed by atoms with van der Waals surface area (Å²) < 4.78 is 11.4. The molecule has 0 amide bonds. The summed E-state index contributed by atoms with van der Waals surface area (Å²) in [4.78, 5) is 9.37. The second kappa shape index (κ2) is 8.40. The van der Waals surface area contributed by atoms with Crippen LogP contribution in [0.1, 0.15) is 40.9 Å². The Morgan fingerprint density at radius 3 is 2.25 bits per heavy atom. The van der Waals surface area contributed by atoms with Crippen LogP contribution in [0.4, 0.5) is 5.69 Å². The van der Waals surface area contributed by atoms with Crippen LogP contribution in [0, 0.1) is 6.92 Å². The molecule has 0 bridgehead atoms. The second-order valence-corrected chi connectivity index (χ2v) is 9.88. The van der Waals surface area contributed by atoms with Crippen LogP contribution in [0.15, 0.2) is 103 Å². The molecule has 180 valence electrons. The minimum atomic E-state index is -0.312. The van der Waals surface area contributed by atoms with Crippen molar-refractivity contribution in [2.75, 3.05) is 18.2 Å². The first kappa shape index (κ1) is 21.5. The lowest BCUT2D eigenvalue weighted by molar-refractivity contribution is -0.198. The summed E-state index contributed by atoms with van der Waals surface area (Å²) in [5.41, 5.74) is 5.70. The Kier molecular flexibility index (Phi) is 5.01. The maximum absolute atomic E-state index is 6.91. The standard InChI is InChI=1S/C31H28N2O3/c1-22-12-15-26(16-13-22)32-20-31(25-10-6-3-7-11-25)19-29(23-8-4-2-5-9-23)36-33(31)30(32)24-14-17-27-28(18-24)35-21-34-27/h2-18,29-30H,19-21H2,1H3/t29-,30-,31-/m0/s1. The Hall–Kier alpha value is -3.80. The molecule has 3 heterocycles. The molecular weight excluding hydrogens is 448 g/mol. The van der Waals surface area contributed by atoms with Gasteiger partial charge in [0, 0.05) is 18.7 Å². The average molecular weight is 477 g/mol. The molecule has 5 heteroatoms. The van der Waals surface area contributed by atoms with E-state index >= 15 is 0 Å². The molecule has 0 aliphatic carbocycles. The van der Waals surface area contributed by atoms with Gasteiger partial charge in [0.2, 0.25) is 6.79 Å². The predicted octanol–water partition coefficient (Wildman–Crippen LogP) is 6.52. The Morgan fingerprint density at radius 1 is 0.750 bits per heavy atom. The Balaban J connectivity index is 1.39. The van der Waals surface area contributed by atoms with E-state index in [1.165, 1.54) is 22.4 Å². The molecule has 0 spiro atoms. The monoisotopic (exact) mass is 476 g/mol. The van der Waals surface area contributed by atoms with E-state index in [1.807, 2.05) is 6.07 Å². The van der Waals surface area contributed by atoms with Crippen LogP contribution in [0.3, 0.4) is 0 Å². The smallest absolute Gasteiger partial charge is 0.231 e. The highest BCUT2D eigenvalue weighted by molar-refractivity contribution is 5.55. The Bertz CT molecular complexity index is 1380. The lowest BCUT2D eigenvalue weighted by Crippen LogP contribution is -2.37. The van der Waals surface area contributed by atoms with E-state index in [4.69, 9.17) is 14.3 Å². The molecule has 3 aliphatic heterocycles. The van der Waals surface area contributed by atoms with E-state index in [9.17, 15) is 0 Å². The van der Waals surface area contributed by atoms with Crippen LogP contribution in [0.5, 0.6) is 11.5 Å². The van der Waals surface area contributed by atoms with Crippen LogP contribution in [-0.2, 0) is 10.4 Å². The van der Waals surface area contributed by atoms with Crippen LogP contribution < -0.4 is 14.4 Å². The summed E-state index contributed by atoms with van der Waals surface area (Å²) in [6.07, 6.45) is 0.712. The number of hydrogen-bond acceptors (Lipinski definition) is 5. The molecule has 2 saturated heterocycles. The molecule has 36 heavy (non-hydrogen) atoms. The maximum Gasteiger partial charge on any atom is 0.231 e. The van der Waals surface area contributed by atoms with E-state index in [0.717, 1.165) is 30.0 Å². The van der Waals surface area contributed by atoms with Gasteiger partial charge in [0.25, 0.3) is 0 Å². The van der Waals surface area contributed by atoms with Gasteiger partial charge >= 0.3 is 0 Å². The van der Waals surface area contributed by atoms with Crippen molar-refractivity contribution in [1.29, 1.82) is 0 Å². The SMILES string of the molecule is Cc1ccc(N2C[C@]3(c4ccccc4)C[C@@H](c4ccccc4)ON3[C@H]2c2ccc3c(c2)OCO3)cc1. The molecule has 7 rings (SSSR count). The van der Waals surface area contributed by atoms with Crippen LogP contribution in [-0.4, -0.2) is 18.4 Å². The Labute approximate surface area is 211 Å². The van der Waals surface area contributed by atoms with Crippen LogP contribution in [0.25, 0.3) is 0 Å². The van der Waals surface area contributed by atoms with Crippen molar-refractivity contribution >= 4 is 5.69 Å². The normalized spacial score (nSPS) is 24.8. The lowest BCUT2D eigenvalue weighted by Gasteiger charge is -2.32. The summed E-state index contributed by atoms with van der Waals surface area (Å²) in [6, 6.07) is 36.4. The number of hydroxylamine groups is 2. The summed E-state index contributed by atoms with van der Waals surface area (Å²) >= 11 is 0. The fraction of sp³-hybridized carbons (Fsp3) is 0.226. The van der Waals surface area contributed by atoms with E-state index in [-0.39, 0.29) is 24.6 Å². The van der Waals surface area contributed by atoms with Gasteiger partial charge in [-0.25, -0.2) is 0 Å². The first-order valence-electron chi connectivity index (χ1n) is 12.5. The molecule has 4 aromatic carbocycles. The minimum absolute atomic E-state index is 0.0249. The zero-order chi connectivity index (χ0) is 24.1. The fourth-order valence-electron chi connectivity index (χ4n) is 5.88. The molecule has 0 aromatic heterocycles. The molecule has 0 radical (unpaired) electrons. The summed E-state index contributed by atoms with van der Waals surface area (Å²) in [7, 11) is 0. The summed E-state index contributed by atoms with van der Waals surface area (Å²) in [6.45, 7) is 3.19. The highest BCUT2D eigenvalue weighted by Crippen LogP contribution is 2.57. The van der Waals surface area contributed by atoms with Crippen molar-refractivity contribution < 1.29 is 14.3 Å². The number of rotatable bonds is 4. The Morgan fingerprint density at radius 2 is 1.47 bits per heavy atom. The number of anilines is 1. The number of hydrogen-bond donors (Lipinski definition) is 0. The molecular formula is C31H28N2O3. The van der Waals surface area contributed by atoms with Gasteiger partial charge in [0.05, 0.1) is 5.54 Å². The van der Waals surface area contributed by atoms with Crippen molar-refractivity contribution in [2.24, 2.45) is 0 Å². The van der Waals surface area contributed by atoms with E-state index in [2.05, 4.69) is 114 Å². The first-order valence-corrected chi connectivity index (χ1v) is 12.5. The molecule has 3 aliphatic rings. The number of aryl methyl sites for hydroxylation is 1. The van der Waals surface area contributed by atoms with Crippen LogP contribution >= 0.6 is 0 Å². The van der Waals surface area contributed by atoms with Crippen molar-refractivity contribution in [3.05, 3.63) is 125 Å². The van der Waals surface area contributed by atoms with Gasteiger partial charge in [-0.15, -0.1) is 5.06 Å².